The highest BCUT2D eigenvalue weighted by molar-refractivity contribution is 7.91. The molecule has 3 rings (SSSR count). The predicted octanol–water partition coefficient (Wildman–Crippen LogP) is 0.754. The van der Waals surface area contributed by atoms with Crippen LogP contribution in [0.3, 0.4) is 0 Å². The second-order valence-corrected chi connectivity index (χ2v) is 7.98. The number of hydrogen-bond acceptors (Lipinski definition) is 6. The molecule has 0 amide bonds. The molecule has 0 aliphatic carbocycles. The van der Waals surface area contributed by atoms with Crippen molar-refractivity contribution < 1.29 is 17.9 Å². The molecule has 0 aromatic heterocycles. The normalized spacial score (nSPS) is 23.8. The van der Waals surface area contributed by atoms with Crippen molar-refractivity contribution in [3.63, 3.8) is 0 Å². The van der Waals surface area contributed by atoms with Crippen LogP contribution in [0.4, 0.5) is 5.69 Å². The van der Waals surface area contributed by atoms with E-state index in [1.807, 2.05) is 19.2 Å². The van der Waals surface area contributed by atoms with Gasteiger partial charge in [0.15, 0.2) is 16.6 Å². The van der Waals surface area contributed by atoms with Crippen LogP contribution in [-0.4, -0.2) is 44.7 Å². The first-order chi connectivity index (χ1) is 9.94. The van der Waals surface area contributed by atoms with Crippen molar-refractivity contribution >= 4 is 15.5 Å². The standard InChI is InChI=1S/C14H20N2O4S/c1-16(13-2-3-21(17,18)8-13)6-10-4-12(15)5-11-7-19-9-20-14(10)11/h4-5,13H,2-3,6-9,15H2,1H3. The molecule has 1 aromatic rings. The minimum Gasteiger partial charge on any atom is -0.467 e. The van der Waals surface area contributed by atoms with E-state index in [1.54, 1.807) is 0 Å². The summed E-state index contributed by atoms with van der Waals surface area (Å²) >= 11 is 0. The number of sulfone groups is 1. The Labute approximate surface area is 124 Å². The molecule has 2 aliphatic rings. The average Bonchev–Trinajstić information content (AvgIpc) is 2.79. The van der Waals surface area contributed by atoms with Gasteiger partial charge in [-0.1, -0.05) is 0 Å². The van der Waals surface area contributed by atoms with E-state index in [-0.39, 0.29) is 24.3 Å². The summed E-state index contributed by atoms with van der Waals surface area (Å²) in [5.41, 5.74) is 8.54. The predicted molar refractivity (Wildman–Crippen MR) is 79.7 cm³/mol. The number of fused-ring (bicyclic) bond motifs is 1. The zero-order chi connectivity index (χ0) is 15.0. The smallest absolute Gasteiger partial charge is 0.189 e. The van der Waals surface area contributed by atoms with Gasteiger partial charge in [-0.15, -0.1) is 0 Å². The molecule has 2 aliphatic heterocycles. The molecule has 6 nitrogen and oxygen atoms in total. The maximum atomic E-state index is 11.6. The Morgan fingerprint density at radius 3 is 2.95 bits per heavy atom. The Bertz CT molecular complexity index is 645. The van der Waals surface area contributed by atoms with Crippen LogP contribution in [0, 0.1) is 0 Å². The molecule has 0 saturated carbocycles. The molecule has 1 saturated heterocycles. The van der Waals surface area contributed by atoms with Crippen molar-refractivity contribution in [1.82, 2.24) is 4.90 Å². The second kappa shape index (κ2) is 5.47. The van der Waals surface area contributed by atoms with Gasteiger partial charge in [0.2, 0.25) is 0 Å². The van der Waals surface area contributed by atoms with Crippen molar-refractivity contribution in [2.45, 2.75) is 25.6 Å². The van der Waals surface area contributed by atoms with Crippen LogP contribution >= 0.6 is 0 Å². The van der Waals surface area contributed by atoms with Gasteiger partial charge in [-0.3, -0.25) is 4.90 Å². The highest BCUT2D eigenvalue weighted by atomic mass is 32.2. The topological polar surface area (TPSA) is 81.9 Å². The third-order valence-electron chi connectivity index (χ3n) is 4.06. The van der Waals surface area contributed by atoms with E-state index in [0.29, 0.717) is 25.3 Å². The number of nitrogens with two attached hydrogens (primary N) is 1. The summed E-state index contributed by atoms with van der Waals surface area (Å²) in [5.74, 6) is 1.34. The number of anilines is 1. The summed E-state index contributed by atoms with van der Waals surface area (Å²) in [6.07, 6.45) is 0.688. The molecule has 1 fully saturated rings. The highest BCUT2D eigenvalue weighted by Crippen LogP contribution is 2.32. The minimum atomic E-state index is -2.88. The molecule has 1 unspecified atom stereocenters. The summed E-state index contributed by atoms with van der Waals surface area (Å²) in [6, 6.07) is 3.81. The summed E-state index contributed by atoms with van der Waals surface area (Å²) in [5, 5.41) is 0. The first kappa shape index (κ1) is 14.6. The Balaban J connectivity index is 1.80. The molecule has 21 heavy (non-hydrogen) atoms. The number of nitrogens with zero attached hydrogens (tertiary/aromatic N) is 1. The SMILES string of the molecule is CN(Cc1cc(N)cc2c1OCOC2)C1CCS(=O)(=O)C1. The Morgan fingerprint density at radius 2 is 2.24 bits per heavy atom. The van der Waals surface area contributed by atoms with Crippen molar-refractivity contribution in [1.29, 1.82) is 0 Å². The molecular formula is C14H20N2O4S. The lowest BCUT2D eigenvalue weighted by Crippen LogP contribution is -2.32. The van der Waals surface area contributed by atoms with Gasteiger partial charge < -0.3 is 15.2 Å². The number of rotatable bonds is 3. The highest BCUT2D eigenvalue weighted by Gasteiger charge is 2.31. The van der Waals surface area contributed by atoms with Gasteiger partial charge in [0.05, 0.1) is 18.1 Å². The maximum absolute atomic E-state index is 11.6. The first-order valence-corrected chi connectivity index (χ1v) is 8.79. The fraction of sp³-hybridized carbons (Fsp3) is 0.571. The van der Waals surface area contributed by atoms with Gasteiger partial charge in [0.1, 0.15) is 5.75 Å². The van der Waals surface area contributed by atoms with Crippen molar-refractivity contribution in [3.8, 4) is 5.75 Å². The number of hydrogen-bond donors (Lipinski definition) is 1. The molecule has 0 radical (unpaired) electrons. The molecule has 0 bridgehead atoms. The molecule has 2 heterocycles. The van der Waals surface area contributed by atoms with Gasteiger partial charge >= 0.3 is 0 Å². The fourth-order valence-corrected chi connectivity index (χ4v) is 4.77. The summed E-state index contributed by atoms with van der Waals surface area (Å²) < 4.78 is 34.1. The van der Waals surface area contributed by atoms with Crippen LogP contribution in [0.1, 0.15) is 17.5 Å². The maximum Gasteiger partial charge on any atom is 0.189 e. The zero-order valence-corrected chi connectivity index (χ0v) is 12.9. The molecule has 7 heteroatoms. The fourth-order valence-electron chi connectivity index (χ4n) is 2.96. The van der Waals surface area contributed by atoms with Gasteiger partial charge in [-0.2, -0.15) is 0 Å². The number of ether oxygens (including phenoxy) is 2. The van der Waals surface area contributed by atoms with Gasteiger partial charge in [-0.25, -0.2) is 8.42 Å². The second-order valence-electron chi connectivity index (χ2n) is 5.75. The summed E-state index contributed by atoms with van der Waals surface area (Å²) in [6.45, 7) is 1.36. The van der Waals surface area contributed by atoms with Crippen LogP contribution in [0.15, 0.2) is 12.1 Å². The third-order valence-corrected chi connectivity index (χ3v) is 5.81. The Kier molecular flexibility index (Phi) is 3.81. The van der Waals surface area contributed by atoms with Crippen LogP contribution in [-0.2, 0) is 27.7 Å². The molecular weight excluding hydrogens is 292 g/mol. The van der Waals surface area contributed by atoms with Gasteiger partial charge in [-0.05, 0) is 25.6 Å². The minimum absolute atomic E-state index is 0.0620. The molecule has 116 valence electrons. The lowest BCUT2D eigenvalue weighted by molar-refractivity contribution is -0.0174. The molecule has 2 N–H and O–H groups in total. The van der Waals surface area contributed by atoms with Crippen LogP contribution in [0.5, 0.6) is 5.75 Å². The van der Waals surface area contributed by atoms with E-state index in [4.69, 9.17) is 15.2 Å². The largest absolute Gasteiger partial charge is 0.467 e. The number of nitrogen functional groups attached to an aromatic ring is 1. The van der Waals surface area contributed by atoms with Crippen LogP contribution < -0.4 is 10.5 Å². The van der Waals surface area contributed by atoms with Crippen LogP contribution in [0.2, 0.25) is 0 Å². The zero-order valence-electron chi connectivity index (χ0n) is 12.0. The number of benzene rings is 1. The van der Waals surface area contributed by atoms with Crippen molar-refractivity contribution in [2.75, 3.05) is 31.1 Å². The van der Waals surface area contributed by atoms with Crippen molar-refractivity contribution in [2.24, 2.45) is 0 Å². The van der Waals surface area contributed by atoms with Crippen molar-refractivity contribution in [3.05, 3.63) is 23.3 Å². The van der Waals surface area contributed by atoms with Crippen LogP contribution in [0.25, 0.3) is 0 Å². The van der Waals surface area contributed by atoms with E-state index in [1.165, 1.54) is 0 Å². The lowest BCUT2D eigenvalue weighted by Gasteiger charge is -2.27. The van der Waals surface area contributed by atoms with E-state index < -0.39 is 9.84 Å². The summed E-state index contributed by atoms with van der Waals surface area (Å²) in [4.78, 5) is 2.07. The van der Waals surface area contributed by atoms with E-state index >= 15 is 0 Å². The Hall–Kier alpha value is -1.31. The molecule has 1 aromatic carbocycles. The third kappa shape index (κ3) is 3.14. The van der Waals surface area contributed by atoms with E-state index in [0.717, 1.165) is 16.9 Å². The average molecular weight is 312 g/mol. The summed E-state index contributed by atoms with van der Waals surface area (Å²) in [7, 11) is -0.931. The van der Waals surface area contributed by atoms with Gasteiger partial charge in [0, 0.05) is 29.4 Å². The van der Waals surface area contributed by atoms with E-state index in [2.05, 4.69) is 4.90 Å². The molecule has 0 spiro atoms. The monoisotopic (exact) mass is 312 g/mol. The quantitative estimate of drug-likeness (QED) is 0.830. The van der Waals surface area contributed by atoms with Gasteiger partial charge in [0.25, 0.3) is 0 Å². The molecule has 1 atom stereocenters. The lowest BCUT2D eigenvalue weighted by atomic mass is 10.1. The first-order valence-electron chi connectivity index (χ1n) is 6.97. The van der Waals surface area contributed by atoms with E-state index in [9.17, 15) is 8.42 Å². The Morgan fingerprint density at radius 1 is 1.43 bits per heavy atom.